The maximum atomic E-state index is 13.1. The Morgan fingerprint density at radius 3 is 2.57 bits per heavy atom. The van der Waals surface area contributed by atoms with Gasteiger partial charge in [-0.3, -0.25) is 14.8 Å². The van der Waals surface area contributed by atoms with E-state index in [1.807, 2.05) is 6.07 Å². The Kier molecular flexibility index (Phi) is 5.52. The van der Waals surface area contributed by atoms with Gasteiger partial charge in [-0.25, -0.2) is 13.2 Å². The Morgan fingerprint density at radius 1 is 1.09 bits per heavy atom. The van der Waals surface area contributed by atoms with Gasteiger partial charge in [0.1, 0.15) is 0 Å². The highest BCUT2D eigenvalue weighted by Crippen LogP contribution is 2.50. The van der Waals surface area contributed by atoms with Gasteiger partial charge >= 0.3 is 5.97 Å². The summed E-state index contributed by atoms with van der Waals surface area (Å²) in [6.45, 7) is 0. The lowest BCUT2D eigenvalue weighted by Gasteiger charge is -2.37. The monoisotopic (exact) mass is 491 g/mol. The predicted octanol–water partition coefficient (Wildman–Crippen LogP) is 4.92. The molecule has 0 fully saturated rings. The Hall–Kier alpha value is -4.18. The van der Waals surface area contributed by atoms with E-state index in [-0.39, 0.29) is 39.7 Å². The Balaban J connectivity index is 1.45. The van der Waals surface area contributed by atoms with E-state index in [1.54, 1.807) is 24.3 Å². The van der Waals surface area contributed by atoms with Crippen LogP contribution < -0.4 is 10.0 Å². The number of carbonyl (C=O) groups is 1. The van der Waals surface area contributed by atoms with Gasteiger partial charge in [0.15, 0.2) is 0 Å². The first-order valence-corrected chi connectivity index (χ1v) is 12.4. The van der Waals surface area contributed by atoms with Crippen LogP contribution in [0.15, 0.2) is 83.8 Å². The van der Waals surface area contributed by atoms with Crippen LogP contribution in [-0.2, 0) is 10.0 Å². The summed E-state index contributed by atoms with van der Waals surface area (Å²) in [4.78, 5) is 22.0. The molecule has 0 amide bonds. The van der Waals surface area contributed by atoms with Crippen LogP contribution in [0.25, 0.3) is 0 Å². The number of nitrogens with zero attached hydrogens (tertiary/aromatic N) is 1. The van der Waals surface area contributed by atoms with Gasteiger partial charge in [0.2, 0.25) is 0 Å². The normalized spacial score (nSPS) is 20.4. The number of hydrogen-bond acceptors (Lipinski definition) is 6. The predicted molar refractivity (Wildman–Crippen MR) is 130 cm³/mol. The third kappa shape index (κ3) is 4.24. The fourth-order valence-corrected chi connectivity index (χ4v) is 5.89. The highest BCUT2D eigenvalue weighted by molar-refractivity contribution is 7.92. The van der Waals surface area contributed by atoms with E-state index in [9.17, 15) is 23.3 Å². The van der Waals surface area contributed by atoms with Crippen molar-refractivity contribution in [1.29, 1.82) is 0 Å². The van der Waals surface area contributed by atoms with Crippen molar-refractivity contribution in [2.75, 3.05) is 10.0 Å². The van der Waals surface area contributed by atoms with Gasteiger partial charge in [-0.05, 0) is 65.9 Å². The number of nitrogens with one attached hydrogen (secondary N) is 2. The summed E-state index contributed by atoms with van der Waals surface area (Å²) in [5, 5.41) is 23.7. The Labute approximate surface area is 201 Å². The summed E-state index contributed by atoms with van der Waals surface area (Å²) in [6.07, 6.45) is 4.87. The molecule has 1 heterocycles. The van der Waals surface area contributed by atoms with Crippen LogP contribution in [-0.4, -0.2) is 24.4 Å². The van der Waals surface area contributed by atoms with Crippen LogP contribution in [0.1, 0.15) is 39.9 Å². The molecule has 1 aliphatic heterocycles. The van der Waals surface area contributed by atoms with Gasteiger partial charge in [0, 0.05) is 29.4 Å². The average molecular weight is 492 g/mol. The number of rotatable bonds is 6. The highest BCUT2D eigenvalue weighted by atomic mass is 32.2. The van der Waals surface area contributed by atoms with E-state index in [4.69, 9.17) is 5.11 Å². The second-order valence-electron chi connectivity index (χ2n) is 8.56. The largest absolute Gasteiger partial charge is 0.478 e. The zero-order valence-corrected chi connectivity index (χ0v) is 19.1. The van der Waals surface area contributed by atoms with E-state index >= 15 is 0 Å². The summed E-state index contributed by atoms with van der Waals surface area (Å²) in [5.74, 6) is -1.05. The van der Waals surface area contributed by atoms with Crippen molar-refractivity contribution in [2.24, 2.45) is 5.92 Å². The first kappa shape index (κ1) is 22.6. The van der Waals surface area contributed by atoms with E-state index in [1.165, 1.54) is 36.4 Å². The molecule has 2 aliphatic rings. The molecule has 0 bridgehead atoms. The maximum absolute atomic E-state index is 13.1. The van der Waals surface area contributed by atoms with E-state index < -0.39 is 20.9 Å². The minimum Gasteiger partial charge on any atom is -0.478 e. The molecule has 0 radical (unpaired) electrons. The van der Waals surface area contributed by atoms with Crippen LogP contribution in [0, 0.1) is 16.0 Å². The number of allylic oxidation sites excluding steroid dienone is 2. The number of aromatic carboxylic acids is 1. The van der Waals surface area contributed by atoms with Crippen molar-refractivity contribution < 1.29 is 23.2 Å². The van der Waals surface area contributed by atoms with Crippen molar-refractivity contribution in [3.63, 3.8) is 0 Å². The van der Waals surface area contributed by atoms with Gasteiger partial charge in [-0.2, -0.15) is 0 Å². The molecule has 5 rings (SSSR count). The molecule has 3 atom stereocenters. The Bertz CT molecular complexity index is 1470. The summed E-state index contributed by atoms with van der Waals surface area (Å²) in [7, 11) is -3.91. The number of benzene rings is 3. The lowest BCUT2D eigenvalue weighted by molar-refractivity contribution is -0.384. The van der Waals surface area contributed by atoms with Crippen molar-refractivity contribution in [1.82, 2.24) is 0 Å². The van der Waals surface area contributed by atoms with Crippen LogP contribution in [0.5, 0.6) is 0 Å². The van der Waals surface area contributed by atoms with Gasteiger partial charge < -0.3 is 10.4 Å². The van der Waals surface area contributed by atoms with Crippen molar-refractivity contribution in [3.8, 4) is 0 Å². The molecule has 0 aromatic heterocycles. The smallest absolute Gasteiger partial charge is 0.335 e. The molecule has 3 aromatic carbocycles. The lowest BCUT2D eigenvalue weighted by atomic mass is 9.77. The fourth-order valence-electron chi connectivity index (χ4n) is 4.80. The molecular formula is C25H21N3O6S. The Morgan fingerprint density at radius 2 is 1.86 bits per heavy atom. The summed E-state index contributed by atoms with van der Waals surface area (Å²) in [5.41, 5.74) is 2.78. The number of carboxylic acid groups (broad SMARTS) is 1. The van der Waals surface area contributed by atoms with E-state index in [0.29, 0.717) is 0 Å². The molecule has 3 unspecified atom stereocenters. The molecule has 9 nitrogen and oxygen atoms in total. The number of nitro benzene ring substituents is 1. The minimum absolute atomic E-state index is 0.0292. The van der Waals surface area contributed by atoms with Crippen LogP contribution in [0.3, 0.4) is 0 Å². The van der Waals surface area contributed by atoms with Gasteiger partial charge in [0.25, 0.3) is 15.7 Å². The second kappa shape index (κ2) is 8.55. The van der Waals surface area contributed by atoms with Crippen LogP contribution in [0.2, 0.25) is 0 Å². The molecule has 1 aliphatic carbocycles. The van der Waals surface area contributed by atoms with Gasteiger partial charge in [0.05, 0.1) is 21.4 Å². The van der Waals surface area contributed by atoms with Gasteiger partial charge in [-0.1, -0.05) is 24.3 Å². The first-order valence-electron chi connectivity index (χ1n) is 10.9. The quantitative estimate of drug-likeness (QED) is 0.253. The summed E-state index contributed by atoms with van der Waals surface area (Å²) >= 11 is 0. The lowest BCUT2D eigenvalue weighted by Crippen LogP contribution is -2.29. The number of fused-ring (bicyclic) bond motifs is 3. The fraction of sp³-hybridized carbons (Fsp3) is 0.160. The molecule has 0 spiro atoms. The van der Waals surface area contributed by atoms with Crippen LogP contribution >= 0.6 is 0 Å². The highest BCUT2D eigenvalue weighted by Gasteiger charge is 2.38. The average Bonchev–Trinajstić information content (AvgIpc) is 3.34. The topological polar surface area (TPSA) is 139 Å². The van der Waals surface area contributed by atoms with Crippen molar-refractivity contribution in [2.45, 2.75) is 23.3 Å². The molecular weight excluding hydrogens is 470 g/mol. The number of anilines is 2. The number of nitro groups is 1. The number of carboxylic acids is 1. The summed E-state index contributed by atoms with van der Waals surface area (Å²) in [6, 6.07) is 16.8. The summed E-state index contributed by atoms with van der Waals surface area (Å²) < 4.78 is 28.6. The molecule has 0 saturated carbocycles. The maximum Gasteiger partial charge on any atom is 0.335 e. The standard InChI is InChI=1S/C25H21N3O6S/c29-25(30)15-7-9-17(10-8-15)27-35(33,34)19-11-12-23-22(14-19)20-5-2-6-21(20)24(26-23)16-3-1-4-18(13-16)28(31)32/h1-5,7-14,20-21,24,26-27H,6H2,(H,29,30). The third-order valence-electron chi connectivity index (χ3n) is 6.47. The molecule has 10 heteroatoms. The van der Waals surface area contributed by atoms with Crippen LogP contribution in [0.4, 0.5) is 17.1 Å². The number of sulfonamides is 1. The molecule has 3 aromatic rings. The number of hydrogen-bond donors (Lipinski definition) is 3. The van der Waals surface area contributed by atoms with Crippen molar-refractivity contribution >= 4 is 33.1 Å². The zero-order valence-electron chi connectivity index (χ0n) is 18.3. The molecule has 178 valence electrons. The third-order valence-corrected chi connectivity index (χ3v) is 7.85. The van der Waals surface area contributed by atoms with Gasteiger partial charge in [-0.15, -0.1) is 0 Å². The van der Waals surface area contributed by atoms with Crippen molar-refractivity contribution in [3.05, 3.63) is 106 Å². The van der Waals surface area contributed by atoms with E-state index in [2.05, 4.69) is 22.2 Å². The first-order chi connectivity index (χ1) is 16.7. The SMILES string of the molecule is O=C(O)c1ccc(NS(=O)(=O)c2ccc3c(c2)C2C=CCC2C(c2cccc([N+](=O)[O-])c2)N3)cc1. The molecule has 0 saturated heterocycles. The molecule has 35 heavy (non-hydrogen) atoms. The van der Waals surface area contributed by atoms with E-state index in [0.717, 1.165) is 23.2 Å². The number of non-ortho nitro benzene ring substituents is 1. The molecule has 3 N–H and O–H groups in total. The second-order valence-corrected chi connectivity index (χ2v) is 10.2. The minimum atomic E-state index is -3.91. The zero-order chi connectivity index (χ0) is 24.7.